The summed E-state index contributed by atoms with van der Waals surface area (Å²) in [7, 11) is 0. The van der Waals surface area contributed by atoms with Crippen LogP contribution in [0.3, 0.4) is 0 Å². The van der Waals surface area contributed by atoms with Gasteiger partial charge in [0.25, 0.3) is 5.88 Å². The van der Waals surface area contributed by atoms with Gasteiger partial charge in [-0.3, -0.25) is 0 Å². The summed E-state index contributed by atoms with van der Waals surface area (Å²) in [6, 6.07) is 3.49. The maximum atomic E-state index is 8.76. The van der Waals surface area contributed by atoms with E-state index in [2.05, 4.69) is 40.8 Å². The minimum absolute atomic E-state index is 0.0503. The van der Waals surface area contributed by atoms with Crippen LogP contribution in [0.5, 0.6) is 5.88 Å². The number of nitrogens with zero attached hydrogens (tertiary/aromatic N) is 6. The second-order valence-electron chi connectivity index (χ2n) is 6.75. The number of halogens is 3. The third-order valence-corrected chi connectivity index (χ3v) is 5.30. The molecule has 2 aliphatic rings. The molecule has 3 N–H and O–H groups in total. The molecule has 13 heteroatoms. The first kappa shape index (κ1) is 24.0. The van der Waals surface area contributed by atoms with E-state index in [4.69, 9.17) is 44.6 Å². The first-order chi connectivity index (χ1) is 15.1. The molecule has 2 saturated heterocycles. The van der Waals surface area contributed by atoms with Gasteiger partial charge < -0.3 is 30.3 Å². The standard InChI is InChI=1S/C10H15ClN4O2.C8H10Cl2N4/c11-9-7-8(15-3-1-12-2-4-15)10(14-13-9)17-6-5-16;9-7-5-6(8(10)13-12-7)14-3-1-11-2-4-14/h7,12,16H,1-6H2;5,11H,1-4H2. The molecular formula is C18H25Cl3N8O2. The Morgan fingerprint density at radius 3 is 1.90 bits per heavy atom. The van der Waals surface area contributed by atoms with Crippen LogP contribution >= 0.6 is 34.8 Å². The van der Waals surface area contributed by atoms with Crippen molar-refractivity contribution in [3.8, 4) is 5.88 Å². The van der Waals surface area contributed by atoms with Crippen molar-refractivity contribution >= 4 is 46.2 Å². The van der Waals surface area contributed by atoms with Gasteiger partial charge in [0, 0.05) is 64.5 Å². The zero-order valence-electron chi connectivity index (χ0n) is 16.9. The van der Waals surface area contributed by atoms with E-state index in [0.29, 0.717) is 21.3 Å². The summed E-state index contributed by atoms with van der Waals surface area (Å²) in [6.45, 7) is 7.48. The van der Waals surface area contributed by atoms with Gasteiger partial charge in [0.05, 0.1) is 12.3 Å². The summed E-state index contributed by atoms with van der Waals surface area (Å²) in [4.78, 5) is 4.29. The van der Waals surface area contributed by atoms with E-state index in [-0.39, 0.29) is 13.2 Å². The van der Waals surface area contributed by atoms with E-state index in [1.165, 1.54) is 0 Å². The van der Waals surface area contributed by atoms with Crippen LogP contribution in [-0.4, -0.2) is 91.1 Å². The quantitative estimate of drug-likeness (QED) is 0.562. The minimum Gasteiger partial charge on any atom is -0.473 e. The minimum atomic E-state index is -0.0503. The molecule has 0 amide bonds. The van der Waals surface area contributed by atoms with Crippen molar-refractivity contribution in [2.45, 2.75) is 0 Å². The third kappa shape index (κ3) is 7.16. The molecule has 0 radical (unpaired) electrons. The van der Waals surface area contributed by atoms with E-state index in [1.807, 2.05) is 0 Å². The SMILES string of the molecule is Clc1cc(N2CCNCC2)c(Cl)nn1.OCCOc1nnc(Cl)cc1N1CCNCC1. The van der Waals surface area contributed by atoms with Gasteiger partial charge in [-0.25, -0.2) is 0 Å². The number of hydrogen-bond acceptors (Lipinski definition) is 10. The van der Waals surface area contributed by atoms with Crippen LogP contribution < -0.4 is 25.2 Å². The van der Waals surface area contributed by atoms with E-state index in [0.717, 1.165) is 63.7 Å². The Balaban J connectivity index is 0.000000179. The summed E-state index contributed by atoms with van der Waals surface area (Å²) >= 11 is 17.5. The predicted octanol–water partition coefficient (Wildman–Crippen LogP) is 1.10. The van der Waals surface area contributed by atoms with Gasteiger partial charge >= 0.3 is 0 Å². The molecule has 31 heavy (non-hydrogen) atoms. The zero-order valence-corrected chi connectivity index (χ0v) is 19.2. The zero-order chi connectivity index (χ0) is 22.1. The highest BCUT2D eigenvalue weighted by atomic mass is 35.5. The fraction of sp³-hybridized carbons (Fsp3) is 0.556. The van der Waals surface area contributed by atoms with Gasteiger partial charge in [-0.1, -0.05) is 34.8 Å². The van der Waals surface area contributed by atoms with Gasteiger partial charge in [-0.15, -0.1) is 20.4 Å². The molecule has 0 bridgehead atoms. The fourth-order valence-electron chi connectivity index (χ4n) is 3.20. The summed E-state index contributed by atoms with van der Waals surface area (Å²) in [6.07, 6.45) is 0. The number of hydrogen-bond donors (Lipinski definition) is 3. The highest BCUT2D eigenvalue weighted by Gasteiger charge is 2.17. The largest absolute Gasteiger partial charge is 0.473 e. The highest BCUT2D eigenvalue weighted by molar-refractivity contribution is 6.33. The lowest BCUT2D eigenvalue weighted by Gasteiger charge is -2.30. The van der Waals surface area contributed by atoms with Crippen molar-refractivity contribution in [1.29, 1.82) is 0 Å². The van der Waals surface area contributed by atoms with Crippen LogP contribution in [0.25, 0.3) is 0 Å². The van der Waals surface area contributed by atoms with Crippen LogP contribution in [0.4, 0.5) is 11.4 Å². The Hall–Kier alpha value is -1.69. The van der Waals surface area contributed by atoms with Crippen molar-refractivity contribution in [3.05, 3.63) is 27.6 Å². The molecule has 2 aromatic rings. The molecule has 2 fully saturated rings. The lowest BCUT2D eigenvalue weighted by atomic mass is 10.3. The number of piperazine rings is 2. The average molecular weight is 492 g/mol. The highest BCUT2D eigenvalue weighted by Crippen LogP contribution is 2.28. The number of aromatic nitrogens is 4. The Labute approximate surface area is 195 Å². The normalized spacial score (nSPS) is 16.5. The molecular weight excluding hydrogens is 467 g/mol. The van der Waals surface area contributed by atoms with E-state index in [1.54, 1.807) is 12.1 Å². The molecule has 2 aromatic heterocycles. The molecule has 0 spiro atoms. The van der Waals surface area contributed by atoms with Crippen LogP contribution in [0, 0.1) is 0 Å². The Kier molecular flexibility index (Phi) is 9.56. The van der Waals surface area contributed by atoms with Crippen molar-refractivity contribution in [2.24, 2.45) is 0 Å². The predicted molar refractivity (Wildman–Crippen MR) is 122 cm³/mol. The lowest BCUT2D eigenvalue weighted by Crippen LogP contribution is -2.43. The van der Waals surface area contributed by atoms with Crippen LogP contribution in [-0.2, 0) is 0 Å². The number of ether oxygens (including phenoxy) is 1. The van der Waals surface area contributed by atoms with Crippen molar-refractivity contribution < 1.29 is 9.84 Å². The Morgan fingerprint density at radius 2 is 1.32 bits per heavy atom. The Bertz CT molecular complexity index is 835. The summed E-state index contributed by atoms with van der Waals surface area (Å²) < 4.78 is 5.35. The van der Waals surface area contributed by atoms with Crippen LogP contribution in [0.2, 0.25) is 15.5 Å². The lowest BCUT2D eigenvalue weighted by molar-refractivity contribution is 0.195. The molecule has 2 aliphatic heterocycles. The van der Waals surface area contributed by atoms with Gasteiger partial charge in [-0.2, -0.15) is 0 Å². The second kappa shape index (κ2) is 12.4. The molecule has 0 saturated carbocycles. The number of rotatable bonds is 5. The van der Waals surface area contributed by atoms with Crippen molar-refractivity contribution in [1.82, 2.24) is 31.0 Å². The second-order valence-corrected chi connectivity index (χ2v) is 7.88. The van der Waals surface area contributed by atoms with E-state index in [9.17, 15) is 0 Å². The fourth-order valence-corrected chi connectivity index (χ4v) is 3.69. The summed E-state index contributed by atoms with van der Waals surface area (Å²) in [5.41, 5.74) is 1.70. The molecule has 10 nitrogen and oxygen atoms in total. The molecule has 0 aliphatic carbocycles. The monoisotopic (exact) mass is 490 g/mol. The number of nitrogens with one attached hydrogen (secondary N) is 2. The van der Waals surface area contributed by atoms with Crippen LogP contribution in [0.15, 0.2) is 12.1 Å². The van der Waals surface area contributed by atoms with Crippen LogP contribution in [0.1, 0.15) is 0 Å². The Morgan fingerprint density at radius 1 is 0.806 bits per heavy atom. The molecule has 4 heterocycles. The van der Waals surface area contributed by atoms with E-state index >= 15 is 0 Å². The molecule has 0 aromatic carbocycles. The van der Waals surface area contributed by atoms with Gasteiger partial charge in [0.1, 0.15) is 12.3 Å². The van der Waals surface area contributed by atoms with Crippen molar-refractivity contribution in [3.63, 3.8) is 0 Å². The van der Waals surface area contributed by atoms with E-state index < -0.39 is 0 Å². The summed E-state index contributed by atoms with van der Waals surface area (Å²) in [5, 5.41) is 31.5. The maximum Gasteiger partial charge on any atom is 0.257 e. The maximum absolute atomic E-state index is 8.76. The smallest absolute Gasteiger partial charge is 0.257 e. The first-order valence-electron chi connectivity index (χ1n) is 9.95. The number of aliphatic hydroxyl groups is 1. The first-order valence-corrected chi connectivity index (χ1v) is 11.1. The van der Waals surface area contributed by atoms with Crippen molar-refractivity contribution in [2.75, 3.05) is 75.4 Å². The number of anilines is 2. The van der Waals surface area contributed by atoms with Gasteiger partial charge in [0.15, 0.2) is 15.5 Å². The van der Waals surface area contributed by atoms with Gasteiger partial charge in [-0.05, 0) is 0 Å². The molecule has 170 valence electrons. The molecule has 4 rings (SSSR count). The molecule has 0 atom stereocenters. The number of aliphatic hydroxyl groups excluding tert-OH is 1. The average Bonchev–Trinajstić information content (AvgIpc) is 2.81. The summed E-state index contributed by atoms with van der Waals surface area (Å²) in [5.74, 6) is 0.422. The third-order valence-electron chi connectivity index (χ3n) is 4.66. The molecule has 0 unspecified atom stereocenters. The van der Waals surface area contributed by atoms with Gasteiger partial charge in [0.2, 0.25) is 0 Å². The topological polar surface area (TPSA) is 112 Å².